The van der Waals surface area contributed by atoms with Crippen molar-refractivity contribution in [2.45, 2.75) is 6.54 Å². The van der Waals surface area contributed by atoms with Crippen LogP contribution < -0.4 is 5.32 Å². The quantitative estimate of drug-likeness (QED) is 0.803. The lowest BCUT2D eigenvalue weighted by Gasteiger charge is -2.01. The van der Waals surface area contributed by atoms with Gasteiger partial charge < -0.3 is 9.73 Å². The average molecular weight is 303 g/mol. The molecule has 3 aromatic rings. The van der Waals surface area contributed by atoms with Gasteiger partial charge in [-0.25, -0.2) is 4.68 Å². The molecule has 1 amide bonds. The number of nitrogens with zero attached hydrogens (tertiary/aromatic N) is 3. The molecule has 2 aromatic heterocycles. The van der Waals surface area contributed by atoms with Crippen LogP contribution >= 0.6 is 11.6 Å². The average Bonchev–Trinajstić information content (AvgIpc) is 3.17. The van der Waals surface area contributed by atoms with Crippen LogP contribution in [0.15, 0.2) is 53.3 Å². The van der Waals surface area contributed by atoms with Gasteiger partial charge in [-0.2, -0.15) is 0 Å². The largest absolute Gasteiger partial charge is 0.467 e. The predicted octanol–water partition coefficient (Wildman–Crippen LogP) is 2.44. The summed E-state index contributed by atoms with van der Waals surface area (Å²) in [6.07, 6.45) is 3.08. The molecule has 106 valence electrons. The number of benzene rings is 1. The first-order valence-electron chi connectivity index (χ1n) is 6.22. The second-order valence-corrected chi connectivity index (χ2v) is 4.67. The number of nitrogens with one attached hydrogen (secondary N) is 1. The molecule has 1 N–H and O–H groups in total. The van der Waals surface area contributed by atoms with Crippen molar-refractivity contribution in [3.05, 3.63) is 65.3 Å². The van der Waals surface area contributed by atoms with Gasteiger partial charge in [-0.05, 0) is 24.3 Å². The number of halogens is 1. The molecule has 0 aliphatic carbocycles. The Hall–Kier alpha value is -2.60. The summed E-state index contributed by atoms with van der Waals surface area (Å²) in [4.78, 5) is 12.0. The number of amides is 1. The first-order valence-corrected chi connectivity index (χ1v) is 6.59. The minimum atomic E-state index is -0.329. The normalized spacial score (nSPS) is 10.5. The fraction of sp³-hybridized carbons (Fsp3) is 0.0714. The van der Waals surface area contributed by atoms with E-state index in [9.17, 15) is 4.79 Å². The Bertz CT molecular complexity index is 752. The highest BCUT2D eigenvalue weighted by atomic mass is 35.5. The van der Waals surface area contributed by atoms with E-state index in [0.29, 0.717) is 23.0 Å². The molecule has 1 aromatic carbocycles. The smallest absolute Gasteiger partial charge is 0.273 e. The highest BCUT2D eigenvalue weighted by Gasteiger charge is 2.12. The van der Waals surface area contributed by atoms with Crippen molar-refractivity contribution in [3.8, 4) is 5.69 Å². The second kappa shape index (κ2) is 5.80. The summed E-state index contributed by atoms with van der Waals surface area (Å²) in [6, 6.07) is 10.7. The van der Waals surface area contributed by atoms with Crippen LogP contribution in [0.4, 0.5) is 0 Å². The van der Waals surface area contributed by atoms with Gasteiger partial charge in [0.2, 0.25) is 0 Å². The van der Waals surface area contributed by atoms with E-state index in [1.165, 1.54) is 10.9 Å². The van der Waals surface area contributed by atoms with E-state index in [0.717, 1.165) is 0 Å². The summed E-state index contributed by atoms with van der Waals surface area (Å²) in [7, 11) is 0. The molecule has 0 radical (unpaired) electrons. The SMILES string of the molecule is O=C(NCc1ccco1)c1cn(-c2ccccc2Cl)nn1. The second-order valence-electron chi connectivity index (χ2n) is 4.26. The molecule has 0 aliphatic rings. The van der Waals surface area contributed by atoms with Gasteiger partial charge in [0.25, 0.3) is 5.91 Å². The van der Waals surface area contributed by atoms with Crippen LogP contribution in [0, 0.1) is 0 Å². The molecule has 0 spiro atoms. The number of carbonyl (C=O) groups excluding carboxylic acids is 1. The van der Waals surface area contributed by atoms with Gasteiger partial charge in [-0.3, -0.25) is 4.79 Å². The summed E-state index contributed by atoms with van der Waals surface area (Å²) in [5.74, 6) is 0.339. The van der Waals surface area contributed by atoms with E-state index < -0.39 is 0 Å². The fourth-order valence-corrected chi connectivity index (χ4v) is 2.02. The summed E-state index contributed by atoms with van der Waals surface area (Å²) < 4.78 is 6.60. The van der Waals surface area contributed by atoms with Crippen LogP contribution in [-0.2, 0) is 6.54 Å². The van der Waals surface area contributed by atoms with Crippen LogP contribution in [0.3, 0.4) is 0 Å². The molecule has 7 heteroatoms. The number of hydrogen-bond acceptors (Lipinski definition) is 4. The Balaban J connectivity index is 1.73. The number of para-hydroxylation sites is 1. The van der Waals surface area contributed by atoms with E-state index >= 15 is 0 Å². The van der Waals surface area contributed by atoms with Crippen molar-refractivity contribution >= 4 is 17.5 Å². The van der Waals surface area contributed by atoms with Crippen LogP contribution in [0.2, 0.25) is 5.02 Å². The minimum Gasteiger partial charge on any atom is -0.467 e. The number of aromatic nitrogens is 3. The van der Waals surface area contributed by atoms with Crippen LogP contribution in [0.1, 0.15) is 16.2 Å². The third kappa shape index (κ3) is 2.95. The zero-order valence-corrected chi connectivity index (χ0v) is 11.6. The summed E-state index contributed by atoms with van der Waals surface area (Å²) in [5.41, 5.74) is 0.873. The van der Waals surface area contributed by atoms with E-state index in [1.54, 1.807) is 30.5 Å². The van der Waals surface area contributed by atoms with Crippen LogP contribution in [0.5, 0.6) is 0 Å². The van der Waals surface area contributed by atoms with Gasteiger partial charge in [-0.15, -0.1) is 5.10 Å². The highest BCUT2D eigenvalue weighted by Crippen LogP contribution is 2.18. The van der Waals surface area contributed by atoms with Gasteiger partial charge in [-0.1, -0.05) is 28.9 Å². The number of hydrogen-bond donors (Lipinski definition) is 1. The Morgan fingerprint density at radius 1 is 1.29 bits per heavy atom. The maximum absolute atomic E-state index is 12.0. The topological polar surface area (TPSA) is 73.0 Å². The highest BCUT2D eigenvalue weighted by molar-refractivity contribution is 6.32. The molecule has 0 bridgehead atoms. The van der Waals surface area contributed by atoms with Gasteiger partial charge in [0.15, 0.2) is 5.69 Å². The van der Waals surface area contributed by atoms with Crippen LogP contribution in [-0.4, -0.2) is 20.9 Å². The van der Waals surface area contributed by atoms with Crippen LogP contribution in [0.25, 0.3) is 5.69 Å². The molecule has 0 saturated carbocycles. The Labute approximate surface area is 125 Å². The lowest BCUT2D eigenvalue weighted by atomic mass is 10.3. The summed E-state index contributed by atoms with van der Waals surface area (Å²) in [6.45, 7) is 0.296. The first kappa shape index (κ1) is 13.4. The van der Waals surface area contributed by atoms with Gasteiger partial charge in [0, 0.05) is 0 Å². The first-order chi connectivity index (χ1) is 10.2. The summed E-state index contributed by atoms with van der Waals surface area (Å²) >= 11 is 6.07. The van der Waals surface area contributed by atoms with E-state index in [2.05, 4.69) is 15.6 Å². The van der Waals surface area contributed by atoms with E-state index in [-0.39, 0.29) is 11.6 Å². The monoisotopic (exact) mass is 302 g/mol. The molecule has 0 atom stereocenters. The molecule has 3 rings (SSSR count). The predicted molar refractivity (Wildman–Crippen MR) is 76.2 cm³/mol. The Kier molecular flexibility index (Phi) is 3.70. The van der Waals surface area contributed by atoms with Crippen molar-refractivity contribution in [1.29, 1.82) is 0 Å². The van der Waals surface area contributed by atoms with Crippen molar-refractivity contribution < 1.29 is 9.21 Å². The fourth-order valence-electron chi connectivity index (χ4n) is 1.79. The Morgan fingerprint density at radius 3 is 2.90 bits per heavy atom. The van der Waals surface area contributed by atoms with Crippen molar-refractivity contribution in [3.63, 3.8) is 0 Å². The van der Waals surface area contributed by atoms with Crippen molar-refractivity contribution in [2.75, 3.05) is 0 Å². The number of carbonyl (C=O) groups is 1. The van der Waals surface area contributed by atoms with Crippen molar-refractivity contribution in [1.82, 2.24) is 20.3 Å². The third-order valence-corrected chi connectivity index (χ3v) is 3.15. The maximum atomic E-state index is 12.0. The zero-order valence-electron chi connectivity index (χ0n) is 10.9. The summed E-state index contributed by atoms with van der Waals surface area (Å²) in [5, 5.41) is 11.0. The molecule has 0 fully saturated rings. The molecule has 0 unspecified atom stereocenters. The third-order valence-electron chi connectivity index (χ3n) is 2.83. The molecule has 6 nitrogen and oxygen atoms in total. The Morgan fingerprint density at radius 2 is 2.14 bits per heavy atom. The molecular weight excluding hydrogens is 292 g/mol. The van der Waals surface area contributed by atoms with E-state index in [4.69, 9.17) is 16.0 Å². The molecular formula is C14H11ClN4O2. The number of furan rings is 1. The lowest BCUT2D eigenvalue weighted by Crippen LogP contribution is -2.22. The molecule has 21 heavy (non-hydrogen) atoms. The lowest BCUT2D eigenvalue weighted by molar-refractivity contribution is 0.0943. The minimum absolute atomic E-state index is 0.210. The molecule has 0 saturated heterocycles. The zero-order chi connectivity index (χ0) is 14.7. The molecule has 0 aliphatic heterocycles. The molecule has 2 heterocycles. The maximum Gasteiger partial charge on any atom is 0.273 e. The number of rotatable bonds is 4. The van der Waals surface area contributed by atoms with E-state index in [1.807, 2.05) is 12.1 Å². The van der Waals surface area contributed by atoms with Crippen molar-refractivity contribution in [2.24, 2.45) is 0 Å². The van der Waals surface area contributed by atoms with Gasteiger partial charge in [0.05, 0.1) is 29.7 Å². The van der Waals surface area contributed by atoms with Gasteiger partial charge >= 0.3 is 0 Å². The van der Waals surface area contributed by atoms with Gasteiger partial charge in [0.1, 0.15) is 5.76 Å². The standard InChI is InChI=1S/C14H11ClN4O2/c15-11-5-1-2-6-13(11)19-9-12(17-18-19)14(20)16-8-10-4-3-7-21-10/h1-7,9H,8H2,(H,16,20).